The monoisotopic (exact) mass is 468 g/mol. The van der Waals surface area contributed by atoms with Crippen LogP contribution in [0.5, 0.6) is 0 Å². The third-order valence-corrected chi connectivity index (χ3v) is 6.93. The van der Waals surface area contributed by atoms with E-state index in [1.807, 2.05) is 48.7 Å². The number of rotatable bonds is 3. The number of hydrogen-bond donors (Lipinski definition) is 1. The van der Waals surface area contributed by atoms with Crippen molar-refractivity contribution in [3.8, 4) is 11.3 Å². The minimum atomic E-state index is -0.862. The molecule has 1 aromatic carbocycles. The van der Waals surface area contributed by atoms with Crippen molar-refractivity contribution in [1.82, 2.24) is 19.2 Å². The van der Waals surface area contributed by atoms with Crippen LogP contribution in [-0.2, 0) is 11.3 Å². The van der Waals surface area contributed by atoms with Crippen LogP contribution in [0.4, 0.5) is 4.79 Å². The quantitative estimate of drug-likeness (QED) is 0.606. The molecule has 2 bridgehead atoms. The maximum absolute atomic E-state index is 12.1. The molecule has 3 aromatic rings. The minimum Gasteiger partial charge on any atom is -0.465 e. The van der Waals surface area contributed by atoms with E-state index >= 15 is 0 Å². The molecule has 7 nitrogen and oxygen atoms in total. The molecule has 2 fully saturated rings. The summed E-state index contributed by atoms with van der Waals surface area (Å²) in [4.78, 5) is 21.0. The standard InChI is InChI=1S/C25H29ClN4O3/c1-25(2,3)23-20-14-28(12-18(15-33-23)30(20)24(31)32)13-19-22(16-7-9-17(26)10-8-16)27-21-6-4-5-11-29(19)21/h4-11,18,20,23H,12-15H2,1-3H3,(H,31,32). The van der Waals surface area contributed by atoms with Crippen LogP contribution in [0.25, 0.3) is 16.9 Å². The summed E-state index contributed by atoms with van der Waals surface area (Å²) in [5, 5.41) is 10.6. The summed E-state index contributed by atoms with van der Waals surface area (Å²) >= 11 is 6.12. The fourth-order valence-corrected chi connectivity index (χ4v) is 5.41. The Balaban J connectivity index is 1.51. The van der Waals surface area contributed by atoms with E-state index in [0.717, 1.165) is 22.6 Å². The smallest absolute Gasteiger partial charge is 0.408 e. The van der Waals surface area contributed by atoms with E-state index < -0.39 is 6.09 Å². The molecule has 3 unspecified atom stereocenters. The number of nitrogens with zero attached hydrogens (tertiary/aromatic N) is 4. The van der Waals surface area contributed by atoms with E-state index in [0.29, 0.717) is 31.3 Å². The number of pyridine rings is 1. The third-order valence-electron chi connectivity index (χ3n) is 6.68. The molecule has 0 aliphatic carbocycles. The first kappa shape index (κ1) is 22.2. The molecule has 0 spiro atoms. The Morgan fingerprint density at radius 2 is 1.94 bits per heavy atom. The first-order valence-electron chi connectivity index (χ1n) is 11.3. The van der Waals surface area contributed by atoms with Gasteiger partial charge in [0.2, 0.25) is 0 Å². The van der Waals surface area contributed by atoms with Crippen LogP contribution in [0.1, 0.15) is 26.5 Å². The maximum atomic E-state index is 12.1. The second-order valence-electron chi connectivity index (χ2n) is 10.1. The zero-order chi connectivity index (χ0) is 23.3. The highest BCUT2D eigenvalue weighted by Crippen LogP contribution is 2.36. The van der Waals surface area contributed by atoms with Crippen molar-refractivity contribution in [3.63, 3.8) is 0 Å². The van der Waals surface area contributed by atoms with Crippen molar-refractivity contribution in [2.75, 3.05) is 19.7 Å². The van der Waals surface area contributed by atoms with Gasteiger partial charge in [0.15, 0.2) is 0 Å². The number of fused-ring (bicyclic) bond motifs is 3. The Kier molecular flexibility index (Phi) is 5.59. The lowest BCUT2D eigenvalue weighted by Gasteiger charge is -2.54. The van der Waals surface area contributed by atoms with E-state index in [2.05, 4.69) is 30.1 Å². The zero-order valence-electron chi connectivity index (χ0n) is 19.1. The molecule has 2 aliphatic rings. The van der Waals surface area contributed by atoms with Crippen molar-refractivity contribution in [3.05, 3.63) is 59.4 Å². The lowest BCUT2D eigenvalue weighted by atomic mass is 9.81. The number of aromatic nitrogens is 2. The molecule has 2 aromatic heterocycles. The van der Waals surface area contributed by atoms with Gasteiger partial charge >= 0.3 is 6.09 Å². The average molecular weight is 469 g/mol. The summed E-state index contributed by atoms with van der Waals surface area (Å²) in [5.41, 5.74) is 3.75. The van der Waals surface area contributed by atoms with Crippen molar-refractivity contribution in [2.24, 2.45) is 5.41 Å². The first-order valence-corrected chi connectivity index (χ1v) is 11.7. The van der Waals surface area contributed by atoms with Gasteiger partial charge < -0.3 is 14.2 Å². The topological polar surface area (TPSA) is 70.3 Å². The molecule has 0 saturated carbocycles. The second-order valence-corrected chi connectivity index (χ2v) is 10.5. The number of benzene rings is 1. The highest BCUT2D eigenvalue weighted by atomic mass is 35.5. The molecule has 2 aliphatic heterocycles. The Morgan fingerprint density at radius 1 is 1.18 bits per heavy atom. The van der Waals surface area contributed by atoms with Gasteiger partial charge in [-0.1, -0.05) is 50.6 Å². The average Bonchev–Trinajstić information content (AvgIpc) is 3.11. The van der Waals surface area contributed by atoms with E-state index in [-0.39, 0.29) is 23.6 Å². The lowest BCUT2D eigenvalue weighted by molar-refractivity contribution is -0.161. The number of carboxylic acid groups (broad SMARTS) is 1. The SMILES string of the molecule is CC(C)(C)C1OCC2CN(Cc3c(-c4ccc(Cl)cc4)nc4ccccn34)CC1N2C(=O)O. The molecule has 1 N–H and O–H groups in total. The number of imidazole rings is 1. The van der Waals surface area contributed by atoms with Gasteiger partial charge in [0.05, 0.1) is 36.2 Å². The number of halogens is 1. The number of piperazine rings is 1. The normalized spacial score (nSPS) is 23.8. The largest absolute Gasteiger partial charge is 0.465 e. The van der Waals surface area contributed by atoms with E-state index in [4.69, 9.17) is 21.3 Å². The van der Waals surface area contributed by atoms with Crippen LogP contribution in [0, 0.1) is 5.41 Å². The lowest BCUT2D eigenvalue weighted by Crippen LogP contribution is -2.70. The predicted molar refractivity (Wildman–Crippen MR) is 128 cm³/mol. The van der Waals surface area contributed by atoms with Gasteiger partial charge in [0.1, 0.15) is 5.65 Å². The highest BCUT2D eigenvalue weighted by Gasteiger charge is 2.49. The minimum absolute atomic E-state index is 0.162. The number of morpholine rings is 1. The Bertz CT molecular complexity index is 1170. The summed E-state index contributed by atoms with van der Waals surface area (Å²) in [6.07, 6.45) is 1.01. The van der Waals surface area contributed by atoms with Crippen molar-refractivity contribution in [2.45, 2.75) is 45.5 Å². The Morgan fingerprint density at radius 3 is 2.64 bits per heavy atom. The molecule has 5 rings (SSSR count). The first-order chi connectivity index (χ1) is 15.7. The van der Waals surface area contributed by atoms with Crippen LogP contribution in [0.3, 0.4) is 0 Å². The van der Waals surface area contributed by atoms with Crippen LogP contribution >= 0.6 is 11.6 Å². The van der Waals surface area contributed by atoms with Gasteiger partial charge in [-0.3, -0.25) is 9.80 Å². The molecule has 174 valence electrons. The molecule has 1 amide bonds. The number of amides is 1. The summed E-state index contributed by atoms with van der Waals surface area (Å²) in [6, 6.07) is 13.3. The van der Waals surface area contributed by atoms with Crippen LogP contribution < -0.4 is 0 Å². The molecule has 33 heavy (non-hydrogen) atoms. The van der Waals surface area contributed by atoms with E-state index in [1.165, 1.54) is 0 Å². The van der Waals surface area contributed by atoms with E-state index in [9.17, 15) is 9.90 Å². The fraction of sp³-hybridized carbons (Fsp3) is 0.440. The number of ether oxygens (including phenoxy) is 1. The Labute approximate surface area is 198 Å². The predicted octanol–water partition coefficient (Wildman–Crippen LogP) is 4.63. The summed E-state index contributed by atoms with van der Waals surface area (Å²) in [5.74, 6) is 0. The summed E-state index contributed by atoms with van der Waals surface area (Å²) in [7, 11) is 0. The molecule has 8 heteroatoms. The van der Waals surface area contributed by atoms with Gasteiger partial charge in [0, 0.05) is 36.4 Å². The van der Waals surface area contributed by atoms with Crippen molar-refractivity contribution in [1.29, 1.82) is 0 Å². The molecular formula is C25H29ClN4O3. The molecule has 3 atom stereocenters. The van der Waals surface area contributed by atoms with Gasteiger partial charge in [-0.2, -0.15) is 0 Å². The van der Waals surface area contributed by atoms with Gasteiger partial charge in [-0.05, 0) is 29.7 Å². The molecular weight excluding hydrogens is 440 g/mol. The molecule has 4 heterocycles. The van der Waals surface area contributed by atoms with Crippen molar-refractivity contribution >= 4 is 23.3 Å². The van der Waals surface area contributed by atoms with E-state index in [1.54, 1.807) is 4.90 Å². The molecule has 2 saturated heterocycles. The zero-order valence-corrected chi connectivity index (χ0v) is 19.9. The van der Waals surface area contributed by atoms with Gasteiger partial charge in [-0.25, -0.2) is 9.78 Å². The van der Waals surface area contributed by atoms with Gasteiger partial charge in [-0.15, -0.1) is 0 Å². The number of hydrogen-bond acceptors (Lipinski definition) is 4. The van der Waals surface area contributed by atoms with Gasteiger partial charge in [0.25, 0.3) is 0 Å². The number of carbonyl (C=O) groups is 1. The summed E-state index contributed by atoms with van der Waals surface area (Å²) < 4.78 is 8.31. The third kappa shape index (κ3) is 4.09. The van der Waals surface area contributed by atoms with Crippen LogP contribution in [0.2, 0.25) is 5.02 Å². The highest BCUT2D eigenvalue weighted by molar-refractivity contribution is 6.30. The second kappa shape index (κ2) is 8.31. The summed E-state index contributed by atoms with van der Waals surface area (Å²) in [6.45, 7) is 8.66. The maximum Gasteiger partial charge on any atom is 0.408 e. The van der Waals surface area contributed by atoms with Crippen LogP contribution in [0.15, 0.2) is 48.7 Å². The Hall–Kier alpha value is -2.61. The fourth-order valence-electron chi connectivity index (χ4n) is 5.29. The molecule has 0 radical (unpaired) electrons. The van der Waals surface area contributed by atoms with Crippen LogP contribution in [-0.4, -0.2) is 68.3 Å². The van der Waals surface area contributed by atoms with Crippen molar-refractivity contribution < 1.29 is 14.6 Å².